The summed E-state index contributed by atoms with van der Waals surface area (Å²) in [7, 11) is 0. The van der Waals surface area contributed by atoms with Crippen LogP contribution in [0.25, 0.3) is 0 Å². The number of aliphatic hydroxyl groups is 1. The third-order valence-corrected chi connectivity index (χ3v) is 4.59. The number of hydrogen-bond donors (Lipinski definition) is 1. The Morgan fingerprint density at radius 2 is 1.89 bits per heavy atom. The van der Waals surface area contributed by atoms with Gasteiger partial charge >= 0.3 is 0 Å². The second-order valence-corrected chi connectivity index (χ2v) is 5.71. The zero-order chi connectivity index (χ0) is 12.8. The fraction of sp³-hybridized carbons (Fsp3) is 0.571. The van der Waals surface area contributed by atoms with Crippen molar-refractivity contribution >= 4 is 11.6 Å². The van der Waals surface area contributed by atoms with Crippen molar-refractivity contribution in [1.82, 2.24) is 0 Å². The normalized spacial score (nSPS) is 38.9. The van der Waals surface area contributed by atoms with Crippen molar-refractivity contribution in [3.8, 4) is 0 Å². The number of ether oxygens (including phenoxy) is 2. The highest BCUT2D eigenvalue weighted by Crippen LogP contribution is 2.50. The van der Waals surface area contributed by atoms with E-state index in [1.807, 2.05) is 24.3 Å². The highest BCUT2D eigenvalue weighted by atomic mass is 35.5. The molecule has 0 aromatic heterocycles. The van der Waals surface area contributed by atoms with Crippen LogP contribution in [0.3, 0.4) is 0 Å². The Labute approximate surface area is 112 Å². The van der Waals surface area contributed by atoms with Gasteiger partial charge < -0.3 is 14.6 Å². The van der Waals surface area contributed by atoms with Crippen LogP contribution in [0.15, 0.2) is 24.3 Å². The summed E-state index contributed by atoms with van der Waals surface area (Å²) in [6.45, 7) is 3.16. The third-order valence-electron chi connectivity index (χ3n) is 4.34. The molecule has 3 fully saturated rings. The first-order valence-electron chi connectivity index (χ1n) is 6.32. The van der Waals surface area contributed by atoms with Crippen LogP contribution < -0.4 is 0 Å². The molecule has 3 aliphatic heterocycles. The molecule has 2 bridgehead atoms. The molecule has 1 aromatic rings. The summed E-state index contributed by atoms with van der Waals surface area (Å²) in [5.74, 6) is -0.791. The van der Waals surface area contributed by atoms with E-state index in [0.717, 1.165) is 12.0 Å². The molecular weight excluding hydrogens is 252 g/mol. The van der Waals surface area contributed by atoms with E-state index in [1.165, 1.54) is 0 Å². The maximum atomic E-state index is 10.3. The van der Waals surface area contributed by atoms with Crippen LogP contribution in [-0.4, -0.2) is 24.4 Å². The molecule has 98 valence electrons. The van der Waals surface area contributed by atoms with Gasteiger partial charge in [0.15, 0.2) is 5.79 Å². The first-order chi connectivity index (χ1) is 8.60. The van der Waals surface area contributed by atoms with E-state index in [4.69, 9.17) is 21.1 Å². The Balaban J connectivity index is 1.92. The van der Waals surface area contributed by atoms with E-state index in [-0.39, 0.29) is 11.5 Å². The number of halogens is 1. The molecule has 0 saturated carbocycles. The average Bonchev–Trinajstić information content (AvgIpc) is 2.40. The van der Waals surface area contributed by atoms with Crippen molar-refractivity contribution < 1.29 is 14.6 Å². The summed E-state index contributed by atoms with van der Waals surface area (Å²) in [4.78, 5) is 0. The molecule has 3 heterocycles. The van der Waals surface area contributed by atoms with E-state index >= 15 is 0 Å². The van der Waals surface area contributed by atoms with Gasteiger partial charge in [-0.25, -0.2) is 0 Å². The van der Waals surface area contributed by atoms with Crippen LogP contribution in [0, 0.1) is 5.41 Å². The van der Waals surface area contributed by atoms with Crippen LogP contribution in [0.5, 0.6) is 0 Å². The largest absolute Gasteiger partial charge is 0.392 e. The third kappa shape index (κ3) is 1.69. The van der Waals surface area contributed by atoms with Gasteiger partial charge in [-0.2, -0.15) is 0 Å². The lowest BCUT2D eigenvalue weighted by molar-refractivity contribution is -0.375. The highest BCUT2D eigenvalue weighted by molar-refractivity contribution is 6.30. The molecule has 0 aliphatic carbocycles. The van der Waals surface area contributed by atoms with Gasteiger partial charge in [0.2, 0.25) is 0 Å². The van der Waals surface area contributed by atoms with Gasteiger partial charge in [0.25, 0.3) is 0 Å². The highest BCUT2D eigenvalue weighted by Gasteiger charge is 2.56. The van der Waals surface area contributed by atoms with E-state index in [2.05, 4.69) is 6.92 Å². The second kappa shape index (κ2) is 4.20. The van der Waals surface area contributed by atoms with Gasteiger partial charge in [0.05, 0.1) is 19.3 Å². The van der Waals surface area contributed by atoms with Crippen LogP contribution in [0.4, 0.5) is 0 Å². The van der Waals surface area contributed by atoms with Crippen molar-refractivity contribution in [2.45, 2.75) is 31.7 Å². The topological polar surface area (TPSA) is 38.7 Å². The average molecular weight is 269 g/mol. The standard InChI is InChI=1S/C14H17ClO3/c1-2-13-8-17-14(18-9-13,7-12(13)16)10-3-5-11(15)6-4-10/h3-6,12,16H,2,7-9H2,1H3. The minimum atomic E-state index is -0.791. The van der Waals surface area contributed by atoms with Gasteiger partial charge in [0.1, 0.15) is 0 Å². The predicted octanol–water partition coefficient (Wildman–Crippen LogP) is 2.70. The van der Waals surface area contributed by atoms with Crippen molar-refractivity contribution in [1.29, 1.82) is 0 Å². The molecule has 0 amide bonds. The number of hydrogen-bond acceptors (Lipinski definition) is 3. The molecule has 3 saturated heterocycles. The monoisotopic (exact) mass is 268 g/mol. The molecular formula is C14H17ClO3. The van der Waals surface area contributed by atoms with Crippen molar-refractivity contribution in [3.63, 3.8) is 0 Å². The quantitative estimate of drug-likeness (QED) is 0.896. The Bertz CT molecular complexity index is 435. The molecule has 1 unspecified atom stereocenters. The maximum Gasteiger partial charge on any atom is 0.197 e. The molecule has 4 rings (SSSR count). The Morgan fingerprint density at radius 1 is 1.28 bits per heavy atom. The molecule has 0 spiro atoms. The lowest BCUT2D eigenvalue weighted by Crippen LogP contribution is -2.61. The molecule has 18 heavy (non-hydrogen) atoms. The summed E-state index contributed by atoms with van der Waals surface area (Å²) in [6.07, 6.45) is 0.980. The smallest absolute Gasteiger partial charge is 0.197 e. The fourth-order valence-corrected chi connectivity index (χ4v) is 2.94. The second-order valence-electron chi connectivity index (χ2n) is 5.27. The van der Waals surface area contributed by atoms with E-state index in [0.29, 0.717) is 24.7 Å². The summed E-state index contributed by atoms with van der Waals surface area (Å²) >= 11 is 5.89. The zero-order valence-corrected chi connectivity index (χ0v) is 11.1. The summed E-state index contributed by atoms with van der Waals surface area (Å²) in [6, 6.07) is 7.45. The Hall–Kier alpha value is -0.610. The number of aliphatic hydroxyl groups excluding tert-OH is 1. The Kier molecular flexibility index (Phi) is 2.90. The van der Waals surface area contributed by atoms with Crippen LogP contribution in [-0.2, 0) is 15.3 Å². The molecule has 1 N–H and O–H groups in total. The van der Waals surface area contributed by atoms with E-state index in [9.17, 15) is 5.11 Å². The minimum absolute atomic E-state index is 0.228. The van der Waals surface area contributed by atoms with Gasteiger partial charge in [-0.1, -0.05) is 30.7 Å². The van der Waals surface area contributed by atoms with Crippen molar-refractivity contribution in [2.75, 3.05) is 13.2 Å². The van der Waals surface area contributed by atoms with Gasteiger partial charge in [0, 0.05) is 22.4 Å². The molecule has 3 aliphatic rings. The lowest BCUT2D eigenvalue weighted by Gasteiger charge is -2.55. The first-order valence-corrected chi connectivity index (χ1v) is 6.70. The molecule has 1 aromatic carbocycles. The minimum Gasteiger partial charge on any atom is -0.392 e. The molecule has 4 heteroatoms. The van der Waals surface area contributed by atoms with E-state index in [1.54, 1.807) is 0 Å². The number of benzene rings is 1. The Morgan fingerprint density at radius 3 is 2.39 bits per heavy atom. The fourth-order valence-electron chi connectivity index (χ4n) is 2.81. The number of fused-ring (bicyclic) bond motifs is 3. The summed E-state index contributed by atoms with van der Waals surface area (Å²) in [5, 5.41) is 11.0. The van der Waals surface area contributed by atoms with Crippen LogP contribution in [0.2, 0.25) is 5.02 Å². The molecule has 3 nitrogen and oxygen atoms in total. The van der Waals surface area contributed by atoms with Crippen molar-refractivity contribution in [3.05, 3.63) is 34.9 Å². The summed E-state index contributed by atoms with van der Waals surface area (Å²) < 4.78 is 11.9. The van der Waals surface area contributed by atoms with Crippen LogP contribution >= 0.6 is 11.6 Å². The lowest BCUT2D eigenvalue weighted by atomic mass is 9.72. The molecule has 0 radical (unpaired) electrons. The van der Waals surface area contributed by atoms with Gasteiger partial charge in [-0.3, -0.25) is 0 Å². The van der Waals surface area contributed by atoms with E-state index < -0.39 is 5.79 Å². The van der Waals surface area contributed by atoms with Crippen LogP contribution in [0.1, 0.15) is 25.3 Å². The number of rotatable bonds is 2. The van der Waals surface area contributed by atoms with Crippen molar-refractivity contribution in [2.24, 2.45) is 5.41 Å². The predicted molar refractivity (Wildman–Crippen MR) is 68.4 cm³/mol. The zero-order valence-electron chi connectivity index (χ0n) is 10.4. The maximum absolute atomic E-state index is 10.3. The van der Waals surface area contributed by atoms with Gasteiger partial charge in [-0.05, 0) is 18.6 Å². The first kappa shape index (κ1) is 12.4. The van der Waals surface area contributed by atoms with Gasteiger partial charge in [-0.15, -0.1) is 0 Å². The SMILES string of the molecule is CCC12COC(c3ccc(Cl)cc3)(CC1O)OC2. The summed E-state index contributed by atoms with van der Waals surface area (Å²) in [5.41, 5.74) is 0.698. The molecule has 1 atom stereocenters.